The molecule has 0 amide bonds. The molecule has 1 fully saturated rings. The number of thiocarbonyl (C=S) groups is 1. The summed E-state index contributed by atoms with van der Waals surface area (Å²) >= 11 is 4.93. The minimum absolute atomic E-state index is 0.716. The second kappa shape index (κ2) is 3.03. The molecule has 0 spiro atoms. The predicted molar refractivity (Wildman–Crippen MR) is 53.7 cm³/mol. The fraction of sp³-hybridized carbons (Fsp3) is 0.111. The van der Waals surface area contributed by atoms with E-state index >= 15 is 0 Å². The Hall–Kier alpha value is -1.22. The minimum Gasteiger partial charge on any atom is -0.374 e. The molecule has 0 unspecified atom stereocenters. The standard InChI is InChI=1S/C9H9N2S/c12-9-10-6-8(11-9)5-7-3-1-2-4-7/h1-5H,6H2,(H2,10,11,12)/q-1. The average Bonchev–Trinajstić information content (AvgIpc) is 2.63. The van der Waals surface area contributed by atoms with Gasteiger partial charge in [-0.05, 0) is 17.9 Å². The topological polar surface area (TPSA) is 24.1 Å². The van der Waals surface area contributed by atoms with Gasteiger partial charge in [-0.3, -0.25) is 0 Å². The maximum absolute atomic E-state index is 4.93. The highest BCUT2D eigenvalue weighted by molar-refractivity contribution is 7.80. The zero-order valence-electron chi connectivity index (χ0n) is 6.50. The van der Waals surface area contributed by atoms with E-state index in [-0.39, 0.29) is 0 Å². The second-order valence-electron chi connectivity index (χ2n) is 2.70. The van der Waals surface area contributed by atoms with Gasteiger partial charge in [0.05, 0.1) is 0 Å². The third kappa shape index (κ3) is 1.51. The number of hydrogen-bond donors (Lipinski definition) is 2. The van der Waals surface area contributed by atoms with Gasteiger partial charge in [0, 0.05) is 6.54 Å². The van der Waals surface area contributed by atoms with Crippen LogP contribution in [0.15, 0.2) is 30.0 Å². The molecule has 2 nitrogen and oxygen atoms in total. The first-order valence-electron chi connectivity index (χ1n) is 3.82. The lowest BCUT2D eigenvalue weighted by Crippen LogP contribution is -2.19. The van der Waals surface area contributed by atoms with Gasteiger partial charge in [0.1, 0.15) is 0 Å². The van der Waals surface area contributed by atoms with Gasteiger partial charge >= 0.3 is 0 Å². The molecule has 12 heavy (non-hydrogen) atoms. The number of nitrogens with one attached hydrogen (secondary N) is 2. The van der Waals surface area contributed by atoms with Gasteiger partial charge in [-0.1, -0.05) is 0 Å². The smallest absolute Gasteiger partial charge is 0.161 e. The van der Waals surface area contributed by atoms with Crippen molar-refractivity contribution in [3.8, 4) is 0 Å². The molecule has 1 aromatic rings. The van der Waals surface area contributed by atoms with Gasteiger partial charge in [-0.15, -0.1) is 23.8 Å². The third-order valence-corrected chi connectivity index (χ3v) is 1.99. The molecule has 3 heteroatoms. The molecule has 1 aromatic carbocycles. The summed E-state index contributed by atoms with van der Waals surface area (Å²) in [6, 6.07) is 8.17. The van der Waals surface area contributed by atoms with Crippen LogP contribution in [0.5, 0.6) is 0 Å². The Bertz CT molecular complexity index is 311. The summed E-state index contributed by atoms with van der Waals surface area (Å²) in [6.07, 6.45) is 2.09. The summed E-state index contributed by atoms with van der Waals surface area (Å²) in [7, 11) is 0. The summed E-state index contributed by atoms with van der Waals surface area (Å²) < 4.78 is 0. The molecule has 0 saturated carbocycles. The van der Waals surface area contributed by atoms with E-state index in [9.17, 15) is 0 Å². The average molecular weight is 177 g/mol. The van der Waals surface area contributed by atoms with Crippen molar-refractivity contribution < 1.29 is 0 Å². The number of hydrogen-bond acceptors (Lipinski definition) is 1. The van der Waals surface area contributed by atoms with E-state index in [0.717, 1.165) is 12.2 Å². The Kier molecular flexibility index (Phi) is 1.87. The largest absolute Gasteiger partial charge is 0.374 e. The van der Waals surface area contributed by atoms with E-state index in [0.29, 0.717) is 5.11 Å². The lowest BCUT2D eigenvalue weighted by atomic mass is 10.3. The summed E-state index contributed by atoms with van der Waals surface area (Å²) in [5.41, 5.74) is 2.34. The Morgan fingerprint density at radius 1 is 1.42 bits per heavy atom. The van der Waals surface area contributed by atoms with Gasteiger partial charge < -0.3 is 10.6 Å². The normalized spacial score (nSPS) is 19.3. The Morgan fingerprint density at radius 3 is 2.75 bits per heavy atom. The zero-order chi connectivity index (χ0) is 8.39. The molecule has 1 saturated heterocycles. The van der Waals surface area contributed by atoms with E-state index in [1.165, 1.54) is 5.56 Å². The fourth-order valence-electron chi connectivity index (χ4n) is 1.18. The highest BCUT2D eigenvalue weighted by Gasteiger charge is 2.04. The molecule has 0 aliphatic carbocycles. The van der Waals surface area contributed by atoms with Crippen LogP contribution in [-0.4, -0.2) is 11.7 Å². The van der Waals surface area contributed by atoms with E-state index in [4.69, 9.17) is 12.2 Å². The van der Waals surface area contributed by atoms with Crippen molar-refractivity contribution in [2.24, 2.45) is 0 Å². The van der Waals surface area contributed by atoms with Crippen LogP contribution in [0.4, 0.5) is 0 Å². The molecule has 1 aliphatic heterocycles. The Balaban J connectivity index is 2.15. The Morgan fingerprint density at radius 2 is 2.17 bits per heavy atom. The monoisotopic (exact) mass is 177 g/mol. The van der Waals surface area contributed by atoms with Crippen LogP contribution in [-0.2, 0) is 0 Å². The third-order valence-electron chi connectivity index (χ3n) is 1.74. The predicted octanol–water partition coefficient (Wildman–Crippen LogP) is 1.22. The SMILES string of the molecule is S=C1NCC(=C[c-]2cccc2)N1. The van der Waals surface area contributed by atoms with Crippen LogP contribution >= 0.6 is 12.2 Å². The molecule has 0 atom stereocenters. The van der Waals surface area contributed by atoms with Gasteiger partial charge in [-0.25, -0.2) is 0 Å². The van der Waals surface area contributed by atoms with Crippen LogP contribution in [0.25, 0.3) is 6.08 Å². The van der Waals surface area contributed by atoms with E-state index in [1.807, 2.05) is 12.1 Å². The van der Waals surface area contributed by atoms with Crippen LogP contribution in [0, 0.1) is 0 Å². The van der Waals surface area contributed by atoms with Crippen molar-refractivity contribution in [2.75, 3.05) is 6.54 Å². The lowest BCUT2D eigenvalue weighted by Gasteiger charge is -1.99. The fourth-order valence-corrected chi connectivity index (χ4v) is 1.39. The quantitative estimate of drug-likeness (QED) is 0.498. The van der Waals surface area contributed by atoms with Crippen molar-refractivity contribution in [2.45, 2.75) is 0 Å². The molecule has 0 bridgehead atoms. The molecule has 1 heterocycles. The van der Waals surface area contributed by atoms with Crippen LogP contribution in [0.1, 0.15) is 5.56 Å². The van der Waals surface area contributed by atoms with Crippen LogP contribution in [0.2, 0.25) is 0 Å². The summed E-state index contributed by atoms with van der Waals surface area (Å²) in [4.78, 5) is 0. The lowest BCUT2D eigenvalue weighted by molar-refractivity contribution is 1.07. The van der Waals surface area contributed by atoms with E-state index in [1.54, 1.807) is 0 Å². The van der Waals surface area contributed by atoms with E-state index in [2.05, 4.69) is 28.8 Å². The first kappa shape index (κ1) is 7.43. The molecule has 0 aromatic heterocycles. The van der Waals surface area contributed by atoms with Crippen molar-refractivity contribution >= 4 is 23.4 Å². The number of rotatable bonds is 1. The van der Waals surface area contributed by atoms with Gasteiger partial charge in [0.15, 0.2) is 5.11 Å². The van der Waals surface area contributed by atoms with Crippen molar-refractivity contribution in [3.63, 3.8) is 0 Å². The van der Waals surface area contributed by atoms with Crippen LogP contribution in [0.3, 0.4) is 0 Å². The molecule has 0 radical (unpaired) electrons. The first-order valence-corrected chi connectivity index (χ1v) is 4.22. The van der Waals surface area contributed by atoms with Crippen molar-refractivity contribution in [1.29, 1.82) is 0 Å². The maximum Gasteiger partial charge on any atom is 0.161 e. The maximum atomic E-state index is 4.93. The van der Waals surface area contributed by atoms with Gasteiger partial charge in [0.2, 0.25) is 0 Å². The highest BCUT2D eigenvalue weighted by Crippen LogP contribution is 2.06. The van der Waals surface area contributed by atoms with Crippen molar-refractivity contribution in [1.82, 2.24) is 10.6 Å². The van der Waals surface area contributed by atoms with Crippen LogP contribution < -0.4 is 10.6 Å². The summed E-state index contributed by atoms with van der Waals surface area (Å²) in [5, 5.41) is 6.82. The van der Waals surface area contributed by atoms with E-state index < -0.39 is 0 Å². The molecule has 2 N–H and O–H groups in total. The van der Waals surface area contributed by atoms with Gasteiger partial charge in [-0.2, -0.15) is 12.1 Å². The van der Waals surface area contributed by atoms with Crippen molar-refractivity contribution in [3.05, 3.63) is 35.5 Å². The molecule has 1 aliphatic rings. The Labute approximate surface area is 76.6 Å². The summed E-state index contributed by atoms with van der Waals surface area (Å²) in [5.74, 6) is 0. The first-order chi connectivity index (χ1) is 5.84. The summed E-state index contributed by atoms with van der Waals surface area (Å²) in [6.45, 7) is 0.810. The second-order valence-corrected chi connectivity index (χ2v) is 3.10. The van der Waals surface area contributed by atoms with Gasteiger partial charge in [0.25, 0.3) is 0 Å². The molecular weight excluding hydrogens is 168 g/mol. The molecule has 2 rings (SSSR count). The zero-order valence-corrected chi connectivity index (χ0v) is 7.32. The highest BCUT2D eigenvalue weighted by atomic mass is 32.1. The molecule has 62 valence electrons. The minimum atomic E-state index is 0.716. The molecular formula is C9H9N2S-.